The van der Waals surface area contributed by atoms with Crippen molar-refractivity contribution in [3.05, 3.63) is 35.4 Å². The molecule has 1 nitrogen and oxygen atoms in total. The van der Waals surface area contributed by atoms with Crippen LogP contribution in [0.25, 0.3) is 0 Å². The number of rotatable bonds is 1. The van der Waals surface area contributed by atoms with Crippen molar-refractivity contribution in [3.8, 4) is 0 Å². The maximum absolute atomic E-state index is 10.5. The van der Waals surface area contributed by atoms with E-state index in [4.69, 9.17) is 0 Å². The van der Waals surface area contributed by atoms with Crippen LogP contribution in [0, 0.1) is 12.8 Å². The average molecular weight is 208 g/mol. The van der Waals surface area contributed by atoms with Crippen LogP contribution in [-0.4, -0.2) is 16.6 Å². The highest BCUT2D eigenvalue weighted by Crippen LogP contribution is 2.41. The van der Waals surface area contributed by atoms with Gasteiger partial charge in [-0.2, -0.15) is 11.8 Å². The summed E-state index contributed by atoms with van der Waals surface area (Å²) in [5.41, 5.74) is 1.70. The van der Waals surface area contributed by atoms with Crippen LogP contribution in [0.4, 0.5) is 0 Å². The Balaban J connectivity index is 2.38. The predicted molar refractivity (Wildman–Crippen MR) is 61.6 cm³/mol. The van der Waals surface area contributed by atoms with Gasteiger partial charge < -0.3 is 5.11 Å². The molecule has 2 atom stereocenters. The van der Waals surface area contributed by atoms with Gasteiger partial charge >= 0.3 is 0 Å². The van der Waals surface area contributed by atoms with Gasteiger partial charge in [0.2, 0.25) is 0 Å². The highest BCUT2D eigenvalue weighted by Gasteiger charge is 2.40. The van der Waals surface area contributed by atoms with Gasteiger partial charge in [0.15, 0.2) is 0 Å². The third-order valence-corrected chi connectivity index (χ3v) is 4.40. The summed E-state index contributed by atoms with van der Waals surface area (Å²) in [4.78, 5) is 0. The fraction of sp³-hybridized carbons (Fsp3) is 0.500. The Morgan fingerprint density at radius 2 is 2.29 bits per heavy atom. The lowest BCUT2D eigenvalue weighted by Gasteiger charge is -2.27. The van der Waals surface area contributed by atoms with Gasteiger partial charge in [-0.3, -0.25) is 0 Å². The summed E-state index contributed by atoms with van der Waals surface area (Å²) >= 11 is 1.84. The molecule has 2 unspecified atom stereocenters. The highest BCUT2D eigenvalue weighted by molar-refractivity contribution is 7.99. The zero-order chi connectivity index (χ0) is 10.2. The molecule has 1 heterocycles. The molecule has 76 valence electrons. The van der Waals surface area contributed by atoms with E-state index in [9.17, 15) is 5.11 Å². The van der Waals surface area contributed by atoms with Crippen LogP contribution >= 0.6 is 11.8 Å². The van der Waals surface area contributed by atoms with Crippen molar-refractivity contribution in [2.75, 3.05) is 11.5 Å². The first-order valence-electron chi connectivity index (χ1n) is 5.00. The van der Waals surface area contributed by atoms with Crippen molar-refractivity contribution in [1.82, 2.24) is 0 Å². The zero-order valence-corrected chi connectivity index (χ0v) is 9.47. The second-order valence-corrected chi connectivity index (χ2v) is 5.24. The third-order valence-electron chi connectivity index (χ3n) is 3.02. The minimum Gasteiger partial charge on any atom is -0.384 e. The maximum Gasteiger partial charge on any atom is 0.102 e. The van der Waals surface area contributed by atoms with Gasteiger partial charge in [0.25, 0.3) is 0 Å². The molecule has 0 bridgehead atoms. The lowest BCUT2D eigenvalue weighted by atomic mass is 9.85. The summed E-state index contributed by atoms with van der Waals surface area (Å²) in [6.45, 7) is 4.20. The first-order valence-corrected chi connectivity index (χ1v) is 6.15. The van der Waals surface area contributed by atoms with E-state index in [0.717, 1.165) is 17.1 Å². The Labute approximate surface area is 89.5 Å². The predicted octanol–water partition coefficient (Wildman–Crippen LogP) is 2.57. The van der Waals surface area contributed by atoms with Gasteiger partial charge in [-0.25, -0.2) is 0 Å². The van der Waals surface area contributed by atoms with Crippen LogP contribution in [0.3, 0.4) is 0 Å². The minimum absolute atomic E-state index is 0.356. The molecule has 1 saturated heterocycles. The molecule has 1 aliphatic rings. The molecule has 0 amide bonds. The molecule has 2 rings (SSSR count). The molecule has 2 heteroatoms. The van der Waals surface area contributed by atoms with Gasteiger partial charge in [-0.05, 0) is 24.2 Å². The molecule has 14 heavy (non-hydrogen) atoms. The molecule has 1 aromatic carbocycles. The fourth-order valence-corrected chi connectivity index (χ4v) is 3.46. The summed E-state index contributed by atoms with van der Waals surface area (Å²) in [5, 5.41) is 10.5. The first-order chi connectivity index (χ1) is 6.63. The zero-order valence-electron chi connectivity index (χ0n) is 8.66. The Morgan fingerprint density at radius 3 is 2.86 bits per heavy atom. The quantitative estimate of drug-likeness (QED) is 0.765. The normalized spacial score (nSPS) is 32.1. The second kappa shape index (κ2) is 3.59. The molecule has 0 spiro atoms. The van der Waals surface area contributed by atoms with Crippen LogP contribution in [0.2, 0.25) is 0 Å². The Bertz CT molecular complexity index is 337. The van der Waals surface area contributed by atoms with Gasteiger partial charge in [-0.15, -0.1) is 0 Å². The van der Waals surface area contributed by atoms with Gasteiger partial charge in [0, 0.05) is 5.75 Å². The highest BCUT2D eigenvalue weighted by atomic mass is 32.2. The summed E-state index contributed by atoms with van der Waals surface area (Å²) in [6.07, 6.45) is 0. The Kier molecular flexibility index (Phi) is 2.58. The van der Waals surface area contributed by atoms with E-state index in [0.29, 0.717) is 5.92 Å². The number of thioether (sulfide) groups is 1. The first kappa shape index (κ1) is 10.1. The molecular weight excluding hydrogens is 192 g/mol. The summed E-state index contributed by atoms with van der Waals surface area (Å²) in [5.74, 6) is 2.25. The van der Waals surface area contributed by atoms with Crippen LogP contribution in [-0.2, 0) is 5.60 Å². The van der Waals surface area contributed by atoms with E-state index in [1.807, 2.05) is 23.9 Å². The van der Waals surface area contributed by atoms with E-state index in [2.05, 4.69) is 26.0 Å². The van der Waals surface area contributed by atoms with Crippen LogP contribution < -0.4 is 0 Å². The van der Waals surface area contributed by atoms with Crippen molar-refractivity contribution < 1.29 is 5.11 Å². The van der Waals surface area contributed by atoms with Crippen LogP contribution in [0.15, 0.2) is 24.3 Å². The number of aliphatic hydroxyl groups is 1. The van der Waals surface area contributed by atoms with Crippen LogP contribution in [0.5, 0.6) is 0 Å². The molecule has 1 fully saturated rings. The number of aryl methyl sites for hydroxylation is 1. The molecule has 1 aliphatic heterocycles. The molecule has 1 N–H and O–H groups in total. The molecular formula is C12H16OS. The van der Waals surface area contributed by atoms with Gasteiger partial charge in [-0.1, -0.05) is 36.8 Å². The summed E-state index contributed by atoms with van der Waals surface area (Å²) < 4.78 is 0. The van der Waals surface area contributed by atoms with E-state index >= 15 is 0 Å². The standard InChI is InChI=1S/C12H16OS/c1-9-4-3-5-11(6-9)12(13)8-14-7-10(12)2/h3-6,10,13H,7-8H2,1-2H3. The summed E-state index contributed by atoms with van der Waals surface area (Å²) in [7, 11) is 0. The SMILES string of the molecule is Cc1cccc(C2(O)CSCC2C)c1. The van der Waals surface area contributed by atoms with E-state index < -0.39 is 5.60 Å². The third kappa shape index (κ3) is 1.57. The van der Waals surface area contributed by atoms with Gasteiger partial charge in [0.05, 0.1) is 0 Å². The molecule has 0 aromatic heterocycles. The molecule has 0 aliphatic carbocycles. The maximum atomic E-state index is 10.5. The van der Waals surface area contributed by atoms with E-state index in [-0.39, 0.29) is 0 Å². The van der Waals surface area contributed by atoms with Crippen molar-refractivity contribution in [2.24, 2.45) is 5.92 Å². The molecule has 0 saturated carbocycles. The minimum atomic E-state index is -0.601. The lowest BCUT2D eigenvalue weighted by Crippen LogP contribution is -2.32. The summed E-state index contributed by atoms with van der Waals surface area (Å²) in [6, 6.07) is 8.23. The average Bonchev–Trinajstić information content (AvgIpc) is 2.49. The fourth-order valence-electron chi connectivity index (χ4n) is 1.95. The largest absolute Gasteiger partial charge is 0.384 e. The molecule has 0 radical (unpaired) electrons. The Morgan fingerprint density at radius 1 is 1.50 bits per heavy atom. The smallest absolute Gasteiger partial charge is 0.102 e. The van der Waals surface area contributed by atoms with E-state index in [1.165, 1.54) is 5.56 Å². The number of hydrogen-bond acceptors (Lipinski definition) is 2. The second-order valence-electron chi connectivity index (χ2n) is 4.21. The lowest BCUT2D eigenvalue weighted by molar-refractivity contribution is 0.0234. The van der Waals surface area contributed by atoms with Gasteiger partial charge in [0.1, 0.15) is 5.60 Å². The van der Waals surface area contributed by atoms with Crippen molar-refractivity contribution in [3.63, 3.8) is 0 Å². The number of benzene rings is 1. The van der Waals surface area contributed by atoms with Crippen molar-refractivity contribution >= 4 is 11.8 Å². The Hall–Kier alpha value is -0.470. The monoisotopic (exact) mass is 208 g/mol. The topological polar surface area (TPSA) is 20.2 Å². The van der Waals surface area contributed by atoms with Crippen molar-refractivity contribution in [2.45, 2.75) is 19.4 Å². The van der Waals surface area contributed by atoms with Crippen molar-refractivity contribution in [1.29, 1.82) is 0 Å². The van der Waals surface area contributed by atoms with Crippen LogP contribution in [0.1, 0.15) is 18.1 Å². The van der Waals surface area contributed by atoms with E-state index in [1.54, 1.807) is 0 Å². The molecule has 1 aromatic rings. The number of hydrogen-bond donors (Lipinski definition) is 1.